The lowest BCUT2D eigenvalue weighted by Gasteiger charge is -2.03. The maximum atomic E-state index is 11.1. The molecule has 0 unspecified atom stereocenters. The molecule has 0 aromatic carbocycles. The van der Waals surface area contributed by atoms with E-state index in [2.05, 4.69) is 17.6 Å². The Morgan fingerprint density at radius 3 is 2.65 bits per heavy atom. The van der Waals surface area contributed by atoms with Crippen LogP contribution >= 0.6 is 0 Å². The van der Waals surface area contributed by atoms with Crippen LogP contribution in [-0.2, 0) is 9.53 Å². The van der Waals surface area contributed by atoms with E-state index in [0.29, 0.717) is 0 Å². The zero-order valence-electron chi connectivity index (χ0n) is 10.6. The van der Waals surface area contributed by atoms with Crippen molar-refractivity contribution < 1.29 is 14.3 Å². The van der Waals surface area contributed by atoms with Crippen LogP contribution in [0.5, 0.6) is 0 Å². The van der Waals surface area contributed by atoms with Crippen molar-refractivity contribution in [3.8, 4) is 0 Å². The van der Waals surface area contributed by atoms with Crippen LogP contribution in [0.1, 0.15) is 32.6 Å². The molecular formula is C12H22N2O3. The van der Waals surface area contributed by atoms with E-state index < -0.39 is 6.09 Å². The molecule has 0 saturated heterocycles. The molecule has 0 aliphatic rings. The summed E-state index contributed by atoms with van der Waals surface area (Å²) in [4.78, 5) is 21.8. The first-order valence-corrected chi connectivity index (χ1v) is 5.97. The molecule has 17 heavy (non-hydrogen) atoms. The molecule has 0 heterocycles. The molecule has 98 valence electrons. The standard InChI is InChI=1S/C12H22N2O3/c1-3-4-5-6-7-8-9-17-12(16)14-10-11(15)13-2/h7-8H,3-6,9-10H2,1-2H3,(H,13,15)(H,14,16)/b8-7+. The molecule has 2 amide bonds. The quantitative estimate of drug-likeness (QED) is 0.502. The highest BCUT2D eigenvalue weighted by Crippen LogP contribution is 1.99. The first kappa shape index (κ1) is 15.5. The highest BCUT2D eigenvalue weighted by molar-refractivity contribution is 5.81. The first-order chi connectivity index (χ1) is 8.20. The summed E-state index contributed by atoms with van der Waals surface area (Å²) in [5, 5.41) is 4.73. The number of allylic oxidation sites excluding steroid dienone is 1. The predicted octanol–water partition coefficient (Wildman–Crippen LogP) is 1.60. The number of nitrogens with one attached hydrogen (secondary N) is 2. The second kappa shape index (κ2) is 11.0. The molecule has 0 aromatic rings. The molecule has 0 aromatic heterocycles. The van der Waals surface area contributed by atoms with Gasteiger partial charge in [-0.05, 0) is 12.8 Å². The number of unbranched alkanes of at least 4 members (excludes halogenated alkanes) is 3. The summed E-state index contributed by atoms with van der Waals surface area (Å²) in [6, 6.07) is 0. The zero-order valence-corrected chi connectivity index (χ0v) is 10.6. The number of carbonyl (C=O) groups excluding carboxylic acids is 2. The lowest BCUT2D eigenvalue weighted by atomic mass is 10.2. The Hall–Kier alpha value is -1.52. The molecule has 0 fully saturated rings. The number of amides is 2. The minimum absolute atomic E-state index is 0.0600. The molecule has 0 atom stereocenters. The van der Waals surface area contributed by atoms with Crippen LogP contribution in [0.25, 0.3) is 0 Å². The number of rotatable bonds is 8. The summed E-state index contributed by atoms with van der Waals surface area (Å²) in [7, 11) is 1.51. The van der Waals surface area contributed by atoms with E-state index in [-0.39, 0.29) is 19.1 Å². The number of carbonyl (C=O) groups is 2. The fourth-order valence-electron chi connectivity index (χ4n) is 1.11. The van der Waals surface area contributed by atoms with Gasteiger partial charge in [0.2, 0.25) is 5.91 Å². The molecule has 0 rings (SSSR count). The van der Waals surface area contributed by atoms with Crippen molar-refractivity contribution in [2.24, 2.45) is 0 Å². The maximum absolute atomic E-state index is 11.1. The Kier molecular flexibility index (Phi) is 10.00. The topological polar surface area (TPSA) is 67.4 Å². The van der Waals surface area contributed by atoms with Gasteiger partial charge in [-0.3, -0.25) is 4.79 Å². The minimum atomic E-state index is -0.577. The number of likely N-dealkylation sites (N-methyl/N-ethyl adjacent to an activating group) is 1. The van der Waals surface area contributed by atoms with E-state index in [0.717, 1.165) is 12.8 Å². The fourth-order valence-corrected chi connectivity index (χ4v) is 1.11. The van der Waals surface area contributed by atoms with Crippen molar-refractivity contribution in [1.82, 2.24) is 10.6 Å². The Balaban J connectivity index is 3.41. The van der Waals surface area contributed by atoms with Gasteiger partial charge in [-0.2, -0.15) is 0 Å². The average molecular weight is 242 g/mol. The molecule has 0 bridgehead atoms. The third kappa shape index (κ3) is 10.8. The van der Waals surface area contributed by atoms with Gasteiger partial charge >= 0.3 is 6.09 Å². The van der Waals surface area contributed by atoms with E-state index in [1.165, 1.54) is 19.9 Å². The van der Waals surface area contributed by atoms with Crippen molar-refractivity contribution in [3.63, 3.8) is 0 Å². The van der Waals surface area contributed by atoms with Crippen LogP contribution in [0.15, 0.2) is 12.2 Å². The second-order valence-electron chi connectivity index (χ2n) is 3.59. The van der Waals surface area contributed by atoms with Gasteiger partial charge in [0.15, 0.2) is 0 Å². The van der Waals surface area contributed by atoms with Gasteiger partial charge in [0, 0.05) is 7.05 Å². The van der Waals surface area contributed by atoms with Gasteiger partial charge in [-0.25, -0.2) is 4.79 Å². The summed E-state index contributed by atoms with van der Waals surface area (Å²) in [5.41, 5.74) is 0. The highest BCUT2D eigenvalue weighted by Gasteiger charge is 2.02. The molecule has 2 N–H and O–H groups in total. The normalized spacial score (nSPS) is 10.2. The smallest absolute Gasteiger partial charge is 0.407 e. The molecule has 0 spiro atoms. The number of alkyl carbamates (subject to hydrolysis) is 1. The molecule has 0 saturated carbocycles. The maximum Gasteiger partial charge on any atom is 0.407 e. The lowest BCUT2D eigenvalue weighted by molar-refractivity contribution is -0.119. The van der Waals surface area contributed by atoms with Crippen LogP contribution in [0, 0.1) is 0 Å². The Labute approximate surface area is 103 Å². The molecular weight excluding hydrogens is 220 g/mol. The van der Waals surface area contributed by atoms with E-state index in [4.69, 9.17) is 4.74 Å². The van der Waals surface area contributed by atoms with Gasteiger partial charge in [-0.1, -0.05) is 31.9 Å². The highest BCUT2D eigenvalue weighted by atomic mass is 16.5. The molecule has 0 aliphatic carbocycles. The van der Waals surface area contributed by atoms with Gasteiger partial charge in [-0.15, -0.1) is 0 Å². The summed E-state index contributed by atoms with van der Waals surface area (Å²) < 4.78 is 4.83. The fraction of sp³-hybridized carbons (Fsp3) is 0.667. The van der Waals surface area contributed by atoms with Crippen LogP contribution in [0.3, 0.4) is 0 Å². The van der Waals surface area contributed by atoms with Crippen molar-refractivity contribution >= 4 is 12.0 Å². The molecule has 5 nitrogen and oxygen atoms in total. The van der Waals surface area contributed by atoms with E-state index in [9.17, 15) is 9.59 Å². The SMILES string of the molecule is CCCCC/C=C/COC(=O)NCC(=O)NC. The third-order valence-corrected chi connectivity index (χ3v) is 2.12. The number of hydrogen-bond acceptors (Lipinski definition) is 3. The van der Waals surface area contributed by atoms with Gasteiger partial charge < -0.3 is 15.4 Å². The Morgan fingerprint density at radius 2 is 2.00 bits per heavy atom. The van der Waals surface area contributed by atoms with E-state index in [1.54, 1.807) is 0 Å². The number of ether oxygens (including phenoxy) is 1. The van der Waals surface area contributed by atoms with E-state index >= 15 is 0 Å². The Morgan fingerprint density at radius 1 is 1.24 bits per heavy atom. The molecule has 0 aliphatic heterocycles. The van der Waals surface area contributed by atoms with Crippen molar-refractivity contribution in [1.29, 1.82) is 0 Å². The third-order valence-electron chi connectivity index (χ3n) is 2.12. The first-order valence-electron chi connectivity index (χ1n) is 5.97. The van der Waals surface area contributed by atoms with Gasteiger partial charge in [0.1, 0.15) is 6.61 Å². The second-order valence-corrected chi connectivity index (χ2v) is 3.59. The summed E-state index contributed by atoms with van der Waals surface area (Å²) in [6.45, 7) is 2.34. The van der Waals surface area contributed by atoms with Crippen molar-refractivity contribution in [3.05, 3.63) is 12.2 Å². The number of hydrogen-bond donors (Lipinski definition) is 2. The van der Waals surface area contributed by atoms with Crippen molar-refractivity contribution in [2.45, 2.75) is 32.6 Å². The Bertz CT molecular complexity index is 252. The monoisotopic (exact) mass is 242 g/mol. The van der Waals surface area contributed by atoms with Crippen LogP contribution in [-0.4, -0.2) is 32.2 Å². The molecule has 0 radical (unpaired) electrons. The predicted molar refractivity (Wildman–Crippen MR) is 66.7 cm³/mol. The lowest BCUT2D eigenvalue weighted by Crippen LogP contribution is -2.35. The minimum Gasteiger partial charge on any atom is -0.445 e. The zero-order chi connectivity index (χ0) is 12.9. The van der Waals surface area contributed by atoms with Crippen LogP contribution in [0.4, 0.5) is 4.79 Å². The van der Waals surface area contributed by atoms with Crippen molar-refractivity contribution in [2.75, 3.05) is 20.2 Å². The average Bonchev–Trinajstić information content (AvgIpc) is 2.34. The van der Waals surface area contributed by atoms with Crippen LogP contribution < -0.4 is 10.6 Å². The summed E-state index contributed by atoms with van der Waals surface area (Å²) in [5.74, 6) is -0.253. The molecule has 5 heteroatoms. The summed E-state index contributed by atoms with van der Waals surface area (Å²) >= 11 is 0. The van der Waals surface area contributed by atoms with E-state index in [1.807, 2.05) is 12.2 Å². The van der Waals surface area contributed by atoms with Gasteiger partial charge in [0.25, 0.3) is 0 Å². The van der Waals surface area contributed by atoms with Crippen LogP contribution in [0.2, 0.25) is 0 Å². The van der Waals surface area contributed by atoms with Gasteiger partial charge in [0.05, 0.1) is 6.54 Å². The largest absolute Gasteiger partial charge is 0.445 e. The summed E-state index contributed by atoms with van der Waals surface area (Å²) in [6.07, 6.45) is 7.83.